The lowest BCUT2D eigenvalue weighted by molar-refractivity contribution is 0.101. The minimum absolute atomic E-state index is 0.0165. The Morgan fingerprint density at radius 1 is 1.04 bits per heavy atom. The predicted octanol–water partition coefficient (Wildman–Crippen LogP) is 4.00. The fourth-order valence-corrected chi connectivity index (χ4v) is 8.18. The van der Waals surface area contributed by atoms with E-state index in [9.17, 15) is 4.79 Å². The van der Waals surface area contributed by atoms with Gasteiger partial charge in [0.1, 0.15) is 6.34 Å². The zero-order valence-corrected chi connectivity index (χ0v) is 17.8. The summed E-state index contributed by atoms with van der Waals surface area (Å²) in [6.45, 7) is 7.91. The average Bonchev–Trinajstić information content (AvgIpc) is 2.85. The summed E-state index contributed by atoms with van der Waals surface area (Å²) >= 11 is 6.29. The SMILES string of the molecule is CCN(CC)[P@@]1(=S)c2ccc(N(C)C)cc2C(=O)N1c1ccc(C)cc1. The second-order valence-corrected chi connectivity index (χ2v) is 10.8. The number of fused-ring (bicyclic) bond motifs is 1. The Balaban J connectivity index is 2.24. The molecule has 138 valence electrons. The number of hydrogen-bond acceptors (Lipinski definition) is 3. The second-order valence-electron chi connectivity index (χ2n) is 6.73. The van der Waals surface area contributed by atoms with Crippen LogP contribution in [-0.2, 0) is 11.8 Å². The Hall–Kier alpha value is -1.68. The van der Waals surface area contributed by atoms with Crippen LogP contribution in [0, 0.1) is 6.92 Å². The molecular weight excluding hydrogens is 361 g/mol. The molecule has 1 atom stereocenters. The normalized spacial score (nSPS) is 19.2. The molecule has 1 aliphatic rings. The molecule has 26 heavy (non-hydrogen) atoms. The van der Waals surface area contributed by atoms with Gasteiger partial charge in [0, 0.05) is 43.9 Å². The third-order valence-electron chi connectivity index (χ3n) is 4.90. The number of nitrogens with zero attached hydrogens (tertiary/aromatic N) is 3. The van der Waals surface area contributed by atoms with Crippen molar-refractivity contribution in [2.24, 2.45) is 0 Å². The summed E-state index contributed by atoms with van der Waals surface area (Å²) in [5.74, 6) is 0.0165. The third-order valence-corrected chi connectivity index (χ3v) is 9.97. The molecule has 0 bridgehead atoms. The molecule has 4 nitrogen and oxygen atoms in total. The maximum Gasteiger partial charge on any atom is 0.264 e. The smallest absolute Gasteiger partial charge is 0.264 e. The minimum Gasteiger partial charge on any atom is -0.378 e. The highest BCUT2D eigenvalue weighted by Gasteiger charge is 2.46. The number of carbonyl (C=O) groups is 1. The number of aryl methyl sites for hydroxylation is 1. The van der Waals surface area contributed by atoms with Crippen LogP contribution in [0.5, 0.6) is 0 Å². The van der Waals surface area contributed by atoms with Gasteiger partial charge >= 0.3 is 0 Å². The minimum atomic E-state index is -2.39. The van der Waals surface area contributed by atoms with Gasteiger partial charge in [0.15, 0.2) is 0 Å². The Morgan fingerprint density at radius 2 is 1.65 bits per heavy atom. The molecule has 2 aromatic carbocycles. The van der Waals surface area contributed by atoms with Gasteiger partial charge < -0.3 is 4.90 Å². The molecule has 0 spiro atoms. The van der Waals surface area contributed by atoms with E-state index in [0.29, 0.717) is 0 Å². The second kappa shape index (κ2) is 7.15. The lowest BCUT2D eigenvalue weighted by Crippen LogP contribution is -2.33. The van der Waals surface area contributed by atoms with Crippen LogP contribution in [0.15, 0.2) is 42.5 Å². The fraction of sp³-hybridized carbons (Fsp3) is 0.350. The maximum atomic E-state index is 13.5. The molecule has 0 unspecified atom stereocenters. The van der Waals surface area contributed by atoms with Crippen LogP contribution in [-0.4, -0.2) is 37.8 Å². The quantitative estimate of drug-likeness (QED) is 0.725. The van der Waals surface area contributed by atoms with E-state index in [2.05, 4.69) is 30.7 Å². The molecular formula is C20H26N3OPS. The van der Waals surface area contributed by atoms with E-state index in [1.165, 1.54) is 5.56 Å². The molecule has 2 aromatic rings. The van der Waals surface area contributed by atoms with E-state index in [1.807, 2.05) is 60.9 Å². The molecule has 1 heterocycles. The Labute approximate surface area is 161 Å². The van der Waals surface area contributed by atoms with E-state index in [-0.39, 0.29) is 5.91 Å². The van der Waals surface area contributed by atoms with Crippen molar-refractivity contribution in [3.63, 3.8) is 0 Å². The van der Waals surface area contributed by atoms with Crippen LogP contribution in [0.2, 0.25) is 0 Å². The lowest BCUT2D eigenvalue weighted by Gasteiger charge is -2.37. The van der Waals surface area contributed by atoms with Crippen molar-refractivity contribution in [3.05, 3.63) is 53.6 Å². The third kappa shape index (κ3) is 2.88. The molecule has 0 radical (unpaired) electrons. The Bertz CT molecular complexity index is 875. The van der Waals surface area contributed by atoms with Gasteiger partial charge in [-0.2, -0.15) is 0 Å². The van der Waals surface area contributed by atoms with Crippen molar-refractivity contribution < 1.29 is 4.79 Å². The number of amides is 1. The average molecular weight is 387 g/mol. The summed E-state index contributed by atoms with van der Waals surface area (Å²) in [5.41, 5.74) is 3.82. The largest absolute Gasteiger partial charge is 0.378 e. The van der Waals surface area contributed by atoms with Gasteiger partial charge in [0.05, 0.1) is 5.56 Å². The zero-order chi connectivity index (χ0) is 19.1. The Kier molecular flexibility index (Phi) is 5.25. The zero-order valence-electron chi connectivity index (χ0n) is 16.1. The van der Waals surface area contributed by atoms with Crippen LogP contribution in [0.1, 0.15) is 29.8 Å². The van der Waals surface area contributed by atoms with Crippen molar-refractivity contribution in [3.8, 4) is 0 Å². The van der Waals surface area contributed by atoms with Gasteiger partial charge in [-0.1, -0.05) is 43.4 Å². The first-order chi connectivity index (χ1) is 12.3. The van der Waals surface area contributed by atoms with Crippen molar-refractivity contribution in [1.29, 1.82) is 0 Å². The summed E-state index contributed by atoms with van der Waals surface area (Å²) in [5, 5.41) is 1.01. The van der Waals surface area contributed by atoms with Crippen LogP contribution >= 0.6 is 6.34 Å². The molecule has 0 aliphatic carbocycles. The van der Waals surface area contributed by atoms with Gasteiger partial charge in [-0.05, 0) is 37.3 Å². The van der Waals surface area contributed by atoms with Gasteiger partial charge in [-0.3, -0.25) is 14.1 Å². The number of carbonyl (C=O) groups excluding carboxylic acids is 1. The number of benzene rings is 2. The molecule has 6 heteroatoms. The molecule has 0 fully saturated rings. The number of anilines is 2. The number of hydrogen-bond donors (Lipinski definition) is 0. The van der Waals surface area contributed by atoms with Gasteiger partial charge in [-0.15, -0.1) is 0 Å². The van der Waals surface area contributed by atoms with Gasteiger partial charge in [0.25, 0.3) is 5.91 Å². The molecule has 1 amide bonds. The van der Waals surface area contributed by atoms with Crippen LogP contribution in [0.4, 0.5) is 11.4 Å². The predicted molar refractivity (Wildman–Crippen MR) is 116 cm³/mol. The lowest BCUT2D eigenvalue weighted by atomic mass is 10.1. The molecule has 0 saturated heterocycles. The summed E-state index contributed by atoms with van der Waals surface area (Å²) in [7, 11) is 3.97. The van der Waals surface area contributed by atoms with Gasteiger partial charge in [0.2, 0.25) is 0 Å². The van der Waals surface area contributed by atoms with E-state index in [4.69, 9.17) is 11.8 Å². The van der Waals surface area contributed by atoms with Gasteiger partial charge in [-0.25, -0.2) is 0 Å². The van der Waals surface area contributed by atoms with Crippen molar-refractivity contribution in [2.75, 3.05) is 36.8 Å². The summed E-state index contributed by atoms with van der Waals surface area (Å²) in [4.78, 5) is 15.5. The Morgan fingerprint density at radius 3 is 2.19 bits per heavy atom. The van der Waals surface area contributed by atoms with E-state index < -0.39 is 6.34 Å². The first-order valence-corrected chi connectivity index (χ1v) is 11.6. The maximum absolute atomic E-state index is 13.5. The summed E-state index contributed by atoms with van der Waals surface area (Å²) < 4.78 is 4.17. The van der Waals surface area contributed by atoms with Crippen molar-refractivity contribution in [1.82, 2.24) is 4.67 Å². The summed E-state index contributed by atoms with van der Waals surface area (Å²) in [6, 6.07) is 14.2. The topological polar surface area (TPSA) is 26.8 Å². The molecule has 0 aromatic heterocycles. The van der Waals surface area contributed by atoms with E-state index in [1.54, 1.807) is 0 Å². The van der Waals surface area contributed by atoms with Crippen LogP contribution in [0.3, 0.4) is 0 Å². The molecule has 1 aliphatic heterocycles. The van der Waals surface area contributed by atoms with Crippen LogP contribution in [0.25, 0.3) is 0 Å². The first kappa shape index (κ1) is 19.1. The van der Waals surface area contributed by atoms with E-state index in [0.717, 1.165) is 35.3 Å². The first-order valence-electron chi connectivity index (χ1n) is 8.93. The van der Waals surface area contributed by atoms with E-state index >= 15 is 0 Å². The van der Waals surface area contributed by atoms with Crippen molar-refractivity contribution in [2.45, 2.75) is 20.8 Å². The van der Waals surface area contributed by atoms with Crippen LogP contribution < -0.4 is 14.9 Å². The molecule has 3 rings (SSSR count). The highest BCUT2D eigenvalue weighted by Crippen LogP contribution is 2.59. The molecule has 0 saturated carbocycles. The standard InChI is InChI=1S/C20H26N3OPS/c1-6-22(7-2)25(26)19-13-12-17(21(4)5)14-18(19)20(24)23(25)16-10-8-15(3)9-11-16/h8-14H,6-7H2,1-5H3/t25-/m0/s1. The highest BCUT2D eigenvalue weighted by molar-refractivity contribution is 8.18. The van der Waals surface area contributed by atoms with Crippen molar-refractivity contribution >= 4 is 40.7 Å². The summed E-state index contributed by atoms with van der Waals surface area (Å²) in [6.07, 6.45) is -2.39. The monoisotopic (exact) mass is 387 g/mol. The number of rotatable bonds is 5. The highest BCUT2D eigenvalue weighted by atomic mass is 32.4. The fourth-order valence-electron chi connectivity index (χ4n) is 3.42. The molecule has 0 N–H and O–H groups in total.